The number of hydrogen-bond acceptors (Lipinski definition) is 3. The van der Waals surface area contributed by atoms with E-state index in [4.69, 9.17) is 0 Å². The smallest absolute Gasteiger partial charge is 0.120 e. The molecule has 0 saturated carbocycles. The standard InChI is InChI=1S/C18H16N2O/c21-18(16-5-2-1-3-6-16,17-7-4-10-20-14-17)13-15-8-11-19-12-9-15/h1-12,14,21H,13H2/t18-/m0/s1. The van der Waals surface area contributed by atoms with Gasteiger partial charge in [0.2, 0.25) is 0 Å². The van der Waals surface area contributed by atoms with Crippen LogP contribution in [0, 0.1) is 0 Å². The van der Waals surface area contributed by atoms with E-state index in [0.717, 1.165) is 16.7 Å². The second-order valence-electron chi connectivity index (χ2n) is 5.00. The Hall–Kier alpha value is -2.52. The maximum absolute atomic E-state index is 11.3. The summed E-state index contributed by atoms with van der Waals surface area (Å²) in [5.41, 5.74) is 1.57. The quantitative estimate of drug-likeness (QED) is 0.797. The zero-order valence-corrected chi connectivity index (χ0v) is 11.6. The average molecular weight is 276 g/mol. The van der Waals surface area contributed by atoms with Crippen LogP contribution in [0.5, 0.6) is 0 Å². The van der Waals surface area contributed by atoms with Crippen molar-refractivity contribution in [3.05, 3.63) is 96.1 Å². The molecule has 1 aromatic carbocycles. The van der Waals surface area contributed by atoms with E-state index < -0.39 is 5.60 Å². The van der Waals surface area contributed by atoms with Crippen molar-refractivity contribution in [1.82, 2.24) is 9.97 Å². The molecule has 104 valence electrons. The van der Waals surface area contributed by atoms with Gasteiger partial charge in [-0.25, -0.2) is 0 Å². The third-order valence-corrected chi connectivity index (χ3v) is 3.60. The van der Waals surface area contributed by atoms with Gasteiger partial charge in [-0.1, -0.05) is 36.4 Å². The van der Waals surface area contributed by atoms with Crippen LogP contribution in [0.1, 0.15) is 16.7 Å². The monoisotopic (exact) mass is 276 g/mol. The third-order valence-electron chi connectivity index (χ3n) is 3.60. The molecule has 2 heterocycles. The summed E-state index contributed by atoms with van der Waals surface area (Å²) in [4.78, 5) is 8.17. The summed E-state index contributed by atoms with van der Waals surface area (Å²) in [5, 5.41) is 11.3. The lowest BCUT2D eigenvalue weighted by Gasteiger charge is -2.29. The normalized spacial score (nSPS) is 13.6. The van der Waals surface area contributed by atoms with E-state index in [1.54, 1.807) is 24.8 Å². The van der Waals surface area contributed by atoms with Crippen molar-refractivity contribution in [3.8, 4) is 0 Å². The first-order valence-corrected chi connectivity index (χ1v) is 6.86. The van der Waals surface area contributed by atoms with Gasteiger partial charge < -0.3 is 5.11 Å². The first-order chi connectivity index (χ1) is 10.3. The fourth-order valence-corrected chi connectivity index (χ4v) is 2.49. The van der Waals surface area contributed by atoms with Gasteiger partial charge in [-0.3, -0.25) is 9.97 Å². The van der Waals surface area contributed by atoms with E-state index in [1.165, 1.54) is 0 Å². The topological polar surface area (TPSA) is 46.0 Å². The van der Waals surface area contributed by atoms with Crippen LogP contribution in [0.25, 0.3) is 0 Å². The molecular formula is C18H16N2O. The van der Waals surface area contributed by atoms with Crippen molar-refractivity contribution in [2.45, 2.75) is 12.0 Å². The predicted molar refractivity (Wildman–Crippen MR) is 81.6 cm³/mol. The minimum atomic E-state index is -1.10. The van der Waals surface area contributed by atoms with Crippen LogP contribution < -0.4 is 0 Å². The summed E-state index contributed by atoms with van der Waals surface area (Å²) >= 11 is 0. The summed E-state index contributed by atoms with van der Waals surface area (Å²) in [5.74, 6) is 0. The number of aromatic nitrogens is 2. The van der Waals surface area contributed by atoms with Crippen LogP contribution in [0.4, 0.5) is 0 Å². The van der Waals surface area contributed by atoms with E-state index in [1.807, 2.05) is 54.6 Å². The Bertz CT molecular complexity index is 645. The maximum atomic E-state index is 11.3. The lowest BCUT2D eigenvalue weighted by Crippen LogP contribution is -2.30. The Kier molecular flexibility index (Phi) is 3.75. The van der Waals surface area contributed by atoms with Crippen LogP contribution in [-0.2, 0) is 12.0 Å². The van der Waals surface area contributed by atoms with Gasteiger partial charge in [-0.05, 0) is 29.3 Å². The second kappa shape index (κ2) is 5.85. The van der Waals surface area contributed by atoms with E-state index >= 15 is 0 Å². The first-order valence-electron chi connectivity index (χ1n) is 6.86. The van der Waals surface area contributed by atoms with Crippen molar-refractivity contribution >= 4 is 0 Å². The average Bonchev–Trinajstić information content (AvgIpc) is 2.57. The summed E-state index contributed by atoms with van der Waals surface area (Å²) in [6.07, 6.45) is 7.38. The molecule has 0 radical (unpaired) electrons. The highest BCUT2D eigenvalue weighted by atomic mass is 16.3. The van der Waals surface area contributed by atoms with E-state index in [2.05, 4.69) is 9.97 Å². The van der Waals surface area contributed by atoms with E-state index in [-0.39, 0.29) is 0 Å². The van der Waals surface area contributed by atoms with Crippen molar-refractivity contribution < 1.29 is 5.11 Å². The van der Waals surface area contributed by atoms with Crippen LogP contribution in [0.2, 0.25) is 0 Å². The molecule has 3 heteroatoms. The summed E-state index contributed by atoms with van der Waals surface area (Å²) in [7, 11) is 0. The Morgan fingerprint density at radius 3 is 2.14 bits per heavy atom. The maximum Gasteiger partial charge on any atom is 0.120 e. The molecule has 0 aliphatic rings. The highest BCUT2D eigenvalue weighted by molar-refractivity contribution is 5.36. The van der Waals surface area contributed by atoms with Crippen LogP contribution >= 0.6 is 0 Å². The molecule has 3 aromatic rings. The highest BCUT2D eigenvalue weighted by Crippen LogP contribution is 2.32. The Balaban J connectivity index is 2.07. The fraction of sp³-hybridized carbons (Fsp3) is 0.111. The predicted octanol–water partition coefficient (Wildman–Crippen LogP) is 2.96. The highest BCUT2D eigenvalue weighted by Gasteiger charge is 2.31. The molecule has 21 heavy (non-hydrogen) atoms. The molecular weight excluding hydrogens is 260 g/mol. The molecule has 1 atom stereocenters. The molecule has 0 bridgehead atoms. The summed E-state index contributed by atoms with van der Waals surface area (Å²) in [6, 6.07) is 17.3. The van der Waals surface area contributed by atoms with Gasteiger partial charge in [0.25, 0.3) is 0 Å². The minimum Gasteiger partial charge on any atom is -0.380 e. The molecule has 0 amide bonds. The Morgan fingerprint density at radius 2 is 1.48 bits per heavy atom. The zero-order chi connectivity index (χ0) is 14.5. The van der Waals surface area contributed by atoms with Gasteiger partial charge in [0.1, 0.15) is 5.60 Å². The minimum absolute atomic E-state index is 0.477. The molecule has 0 aliphatic carbocycles. The number of rotatable bonds is 4. The molecule has 0 aliphatic heterocycles. The number of benzene rings is 1. The van der Waals surface area contributed by atoms with Crippen molar-refractivity contribution in [3.63, 3.8) is 0 Å². The number of nitrogens with zero attached hydrogens (tertiary/aromatic N) is 2. The van der Waals surface area contributed by atoms with Gasteiger partial charge in [0.05, 0.1) is 0 Å². The van der Waals surface area contributed by atoms with Crippen LogP contribution in [0.15, 0.2) is 79.4 Å². The molecule has 0 fully saturated rings. The first kappa shape index (κ1) is 13.5. The zero-order valence-electron chi connectivity index (χ0n) is 11.6. The largest absolute Gasteiger partial charge is 0.380 e. The number of hydrogen-bond donors (Lipinski definition) is 1. The van der Waals surface area contributed by atoms with Crippen molar-refractivity contribution in [1.29, 1.82) is 0 Å². The van der Waals surface area contributed by atoms with Crippen LogP contribution in [-0.4, -0.2) is 15.1 Å². The molecule has 1 N–H and O–H groups in total. The van der Waals surface area contributed by atoms with Gasteiger partial charge in [0.15, 0.2) is 0 Å². The van der Waals surface area contributed by atoms with Gasteiger partial charge in [0, 0.05) is 36.8 Å². The van der Waals surface area contributed by atoms with Gasteiger partial charge in [-0.2, -0.15) is 0 Å². The number of pyridine rings is 2. The van der Waals surface area contributed by atoms with Gasteiger partial charge >= 0.3 is 0 Å². The lowest BCUT2D eigenvalue weighted by atomic mass is 9.82. The SMILES string of the molecule is O[C@@](Cc1ccncc1)(c1ccccc1)c1cccnc1. The number of aliphatic hydroxyl groups is 1. The fourth-order valence-electron chi connectivity index (χ4n) is 2.49. The lowest BCUT2D eigenvalue weighted by molar-refractivity contribution is 0.0807. The molecule has 3 nitrogen and oxygen atoms in total. The molecule has 0 spiro atoms. The Morgan fingerprint density at radius 1 is 0.762 bits per heavy atom. The second-order valence-corrected chi connectivity index (χ2v) is 5.00. The molecule has 0 saturated heterocycles. The Labute approximate surface area is 124 Å². The van der Waals surface area contributed by atoms with Crippen molar-refractivity contribution in [2.75, 3.05) is 0 Å². The van der Waals surface area contributed by atoms with Crippen molar-refractivity contribution in [2.24, 2.45) is 0 Å². The summed E-state index contributed by atoms with van der Waals surface area (Å²) in [6.45, 7) is 0. The summed E-state index contributed by atoms with van der Waals surface area (Å²) < 4.78 is 0. The molecule has 2 aromatic heterocycles. The van der Waals surface area contributed by atoms with E-state index in [0.29, 0.717) is 6.42 Å². The molecule has 0 unspecified atom stereocenters. The van der Waals surface area contributed by atoms with Crippen LogP contribution in [0.3, 0.4) is 0 Å². The van der Waals surface area contributed by atoms with Gasteiger partial charge in [-0.15, -0.1) is 0 Å². The third kappa shape index (κ3) is 2.83. The molecule has 3 rings (SSSR count). The van der Waals surface area contributed by atoms with E-state index in [9.17, 15) is 5.11 Å².